The molecule has 1 heterocycles. The van der Waals surface area contributed by atoms with E-state index in [9.17, 15) is 9.59 Å². The Balaban J connectivity index is 2.50. The summed E-state index contributed by atoms with van der Waals surface area (Å²) in [6.45, 7) is 0.616. The van der Waals surface area contributed by atoms with Gasteiger partial charge in [-0.3, -0.25) is 9.59 Å². The summed E-state index contributed by atoms with van der Waals surface area (Å²) >= 11 is 0. The third-order valence-electron chi connectivity index (χ3n) is 1.98. The van der Waals surface area contributed by atoms with Gasteiger partial charge in [0.25, 0.3) is 0 Å². The molecule has 1 aromatic rings. The number of aliphatic carboxylic acids is 1. The van der Waals surface area contributed by atoms with Gasteiger partial charge in [-0.1, -0.05) is 0 Å². The topological polar surface area (TPSA) is 84.3 Å². The third kappa shape index (κ3) is 3.76. The predicted octanol–water partition coefficient (Wildman–Crippen LogP) is -0.0622. The lowest BCUT2D eigenvalue weighted by Crippen LogP contribution is -2.33. The van der Waals surface area contributed by atoms with Crippen LogP contribution in [0.4, 0.5) is 0 Å². The lowest BCUT2D eigenvalue weighted by molar-refractivity contribution is -0.697. The summed E-state index contributed by atoms with van der Waals surface area (Å²) in [5.74, 6) is -1.27. The summed E-state index contributed by atoms with van der Waals surface area (Å²) in [4.78, 5) is 21.0. The highest BCUT2D eigenvalue weighted by Gasteiger charge is 2.05. The van der Waals surface area contributed by atoms with Crippen LogP contribution in [-0.2, 0) is 11.3 Å². The summed E-state index contributed by atoms with van der Waals surface area (Å²) in [6.07, 6.45) is 4.13. The summed E-state index contributed by atoms with van der Waals surface area (Å²) in [5, 5.41) is 8.44. The molecular weight excluding hydrogens is 196 g/mol. The summed E-state index contributed by atoms with van der Waals surface area (Å²) in [5.41, 5.74) is 5.53. The number of hydrogen-bond acceptors (Lipinski definition) is 2. The Bertz CT molecular complexity index is 359. The number of carbonyl (C=O) groups is 2. The van der Waals surface area contributed by atoms with Crippen molar-refractivity contribution in [1.82, 2.24) is 0 Å². The predicted molar refractivity (Wildman–Crippen MR) is 52.0 cm³/mol. The van der Waals surface area contributed by atoms with Crippen molar-refractivity contribution in [2.24, 2.45) is 5.73 Å². The minimum Gasteiger partial charge on any atom is -0.481 e. The molecule has 0 unspecified atom stereocenters. The van der Waals surface area contributed by atoms with Crippen LogP contribution in [-0.4, -0.2) is 17.0 Å². The number of nitrogens with two attached hydrogens (primary N) is 1. The van der Waals surface area contributed by atoms with Gasteiger partial charge < -0.3 is 10.8 Å². The van der Waals surface area contributed by atoms with E-state index in [4.69, 9.17) is 10.8 Å². The molecule has 1 amide bonds. The Morgan fingerprint density at radius 2 is 1.93 bits per heavy atom. The highest BCUT2D eigenvalue weighted by atomic mass is 16.4. The van der Waals surface area contributed by atoms with E-state index in [0.717, 1.165) is 0 Å². The normalized spacial score (nSPS) is 9.87. The molecule has 0 fully saturated rings. The minimum absolute atomic E-state index is 0.143. The number of carboxylic acids is 1. The van der Waals surface area contributed by atoms with Crippen molar-refractivity contribution in [2.75, 3.05) is 0 Å². The zero-order valence-corrected chi connectivity index (χ0v) is 8.22. The lowest BCUT2D eigenvalue weighted by atomic mass is 10.2. The zero-order valence-electron chi connectivity index (χ0n) is 8.22. The van der Waals surface area contributed by atoms with Crippen LogP contribution < -0.4 is 10.3 Å². The highest BCUT2D eigenvalue weighted by molar-refractivity contribution is 5.92. The third-order valence-corrected chi connectivity index (χ3v) is 1.98. The molecule has 0 radical (unpaired) electrons. The second kappa shape index (κ2) is 5.09. The molecule has 0 bridgehead atoms. The van der Waals surface area contributed by atoms with Crippen LogP contribution in [0.15, 0.2) is 24.5 Å². The number of carbonyl (C=O) groups excluding carboxylic acids is 1. The first-order chi connectivity index (χ1) is 7.09. The molecule has 3 N–H and O–H groups in total. The van der Waals surface area contributed by atoms with Crippen LogP contribution in [0.1, 0.15) is 23.2 Å². The van der Waals surface area contributed by atoms with Gasteiger partial charge in [0.2, 0.25) is 5.91 Å². The second-order valence-corrected chi connectivity index (χ2v) is 3.19. The van der Waals surface area contributed by atoms with Crippen molar-refractivity contribution in [3.8, 4) is 0 Å². The molecule has 1 rings (SSSR count). The van der Waals surface area contributed by atoms with E-state index in [1.807, 2.05) is 4.57 Å². The van der Waals surface area contributed by atoms with Crippen LogP contribution in [0.5, 0.6) is 0 Å². The average Bonchev–Trinajstić information content (AvgIpc) is 2.18. The van der Waals surface area contributed by atoms with Gasteiger partial charge in [-0.05, 0) is 0 Å². The van der Waals surface area contributed by atoms with Gasteiger partial charge in [0.05, 0.1) is 12.0 Å². The van der Waals surface area contributed by atoms with Crippen LogP contribution >= 0.6 is 0 Å². The fraction of sp³-hybridized carbons (Fsp3) is 0.300. The first-order valence-corrected chi connectivity index (χ1v) is 4.60. The number of carboxylic acid groups (broad SMARTS) is 1. The molecule has 80 valence electrons. The molecule has 0 aliphatic carbocycles. The fourth-order valence-corrected chi connectivity index (χ4v) is 1.18. The van der Waals surface area contributed by atoms with Crippen molar-refractivity contribution in [1.29, 1.82) is 0 Å². The van der Waals surface area contributed by atoms with Crippen LogP contribution in [0.3, 0.4) is 0 Å². The molecule has 15 heavy (non-hydrogen) atoms. The van der Waals surface area contributed by atoms with Crippen molar-refractivity contribution in [3.63, 3.8) is 0 Å². The van der Waals surface area contributed by atoms with Crippen molar-refractivity contribution >= 4 is 11.9 Å². The number of hydrogen-bond donors (Lipinski definition) is 2. The van der Waals surface area contributed by atoms with E-state index in [1.54, 1.807) is 24.5 Å². The molecule has 0 aromatic carbocycles. The number of aryl methyl sites for hydroxylation is 1. The van der Waals surface area contributed by atoms with Gasteiger partial charge in [-0.25, -0.2) is 4.57 Å². The largest absolute Gasteiger partial charge is 0.481 e. The Morgan fingerprint density at radius 1 is 1.33 bits per heavy atom. The number of amides is 1. The lowest BCUT2D eigenvalue weighted by Gasteiger charge is -1.96. The second-order valence-electron chi connectivity index (χ2n) is 3.19. The van der Waals surface area contributed by atoms with Gasteiger partial charge in [0.1, 0.15) is 6.54 Å². The minimum atomic E-state index is -0.802. The first-order valence-electron chi connectivity index (χ1n) is 4.60. The molecule has 5 heteroatoms. The van der Waals surface area contributed by atoms with Crippen LogP contribution in [0, 0.1) is 0 Å². The van der Waals surface area contributed by atoms with E-state index in [1.165, 1.54) is 0 Å². The molecule has 0 spiro atoms. The summed E-state index contributed by atoms with van der Waals surface area (Å²) < 4.78 is 1.81. The summed E-state index contributed by atoms with van der Waals surface area (Å²) in [7, 11) is 0. The zero-order chi connectivity index (χ0) is 11.3. The quantitative estimate of drug-likeness (QED) is 0.666. The number of rotatable bonds is 5. The average molecular weight is 209 g/mol. The van der Waals surface area contributed by atoms with Crippen molar-refractivity contribution in [3.05, 3.63) is 30.1 Å². The van der Waals surface area contributed by atoms with Gasteiger partial charge in [-0.2, -0.15) is 0 Å². The molecule has 5 nitrogen and oxygen atoms in total. The van der Waals surface area contributed by atoms with E-state index in [2.05, 4.69) is 0 Å². The molecule has 0 aliphatic rings. The monoisotopic (exact) mass is 209 g/mol. The smallest absolute Gasteiger partial charge is 0.303 e. The first kappa shape index (κ1) is 11.2. The number of aromatic nitrogens is 1. The van der Waals surface area contributed by atoms with Crippen molar-refractivity contribution < 1.29 is 19.3 Å². The maximum absolute atomic E-state index is 10.8. The molecular formula is C10H13N2O3+. The van der Waals surface area contributed by atoms with Crippen LogP contribution in [0.25, 0.3) is 0 Å². The van der Waals surface area contributed by atoms with Crippen LogP contribution in [0.2, 0.25) is 0 Å². The standard InChI is InChI=1S/C10H12N2O3/c11-10(15)8-3-6-12(7-4-8)5-1-2-9(13)14/h3-4,6-7H,1-2,5H2,(H2-,11,13,14,15)/p+1. The number of primary amides is 1. The number of pyridine rings is 1. The van der Waals surface area contributed by atoms with E-state index < -0.39 is 11.9 Å². The van der Waals surface area contributed by atoms with E-state index in [-0.39, 0.29) is 6.42 Å². The van der Waals surface area contributed by atoms with E-state index >= 15 is 0 Å². The van der Waals surface area contributed by atoms with Gasteiger partial charge in [0, 0.05) is 18.6 Å². The molecule has 1 aromatic heterocycles. The Kier molecular flexibility index (Phi) is 3.79. The highest BCUT2D eigenvalue weighted by Crippen LogP contribution is 1.94. The van der Waals surface area contributed by atoms with E-state index in [0.29, 0.717) is 18.5 Å². The molecule has 0 aliphatic heterocycles. The Hall–Kier alpha value is -1.91. The number of nitrogens with zero attached hydrogens (tertiary/aromatic N) is 1. The van der Waals surface area contributed by atoms with Gasteiger partial charge >= 0.3 is 5.97 Å². The summed E-state index contributed by atoms with van der Waals surface area (Å²) in [6, 6.07) is 3.23. The van der Waals surface area contributed by atoms with Gasteiger partial charge in [-0.15, -0.1) is 0 Å². The van der Waals surface area contributed by atoms with Crippen molar-refractivity contribution in [2.45, 2.75) is 19.4 Å². The molecule has 0 atom stereocenters. The Morgan fingerprint density at radius 3 is 2.40 bits per heavy atom. The fourth-order valence-electron chi connectivity index (χ4n) is 1.18. The SMILES string of the molecule is NC(=O)c1cc[n+](CCCC(=O)O)cc1. The molecule has 0 saturated heterocycles. The Labute approximate surface area is 87.1 Å². The maximum Gasteiger partial charge on any atom is 0.303 e. The maximum atomic E-state index is 10.8. The molecule has 0 saturated carbocycles. The van der Waals surface area contributed by atoms with Gasteiger partial charge in [0.15, 0.2) is 12.4 Å².